The van der Waals surface area contributed by atoms with Crippen LogP contribution in [0.4, 0.5) is 4.79 Å². The largest absolute Gasteiger partial charge is 0.444 e. The number of rotatable bonds is 8. The molecule has 0 bridgehead atoms. The van der Waals surface area contributed by atoms with Crippen molar-refractivity contribution in [2.24, 2.45) is 0 Å². The Hall–Kier alpha value is -2.62. The Morgan fingerprint density at radius 2 is 1.87 bits per heavy atom. The molecule has 0 saturated heterocycles. The van der Waals surface area contributed by atoms with Gasteiger partial charge in [-0.2, -0.15) is 0 Å². The van der Waals surface area contributed by atoms with E-state index < -0.39 is 5.60 Å². The summed E-state index contributed by atoms with van der Waals surface area (Å²) in [6.45, 7) is 8.71. The van der Waals surface area contributed by atoms with Crippen molar-refractivity contribution in [3.8, 4) is 0 Å². The molecule has 4 heteroatoms. The first-order valence-corrected chi connectivity index (χ1v) is 11.6. The average Bonchev–Trinajstić information content (AvgIpc) is 2.75. The molecule has 1 unspecified atom stereocenters. The molecule has 0 radical (unpaired) electrons. The molecule has 4 nitrogen and oxygen atoms in total. The number of allylic oxidation sites excluding steroid dienone is 2. The predicted octanol–water partition coefficient (Wildman–Crippen LogP) is 7.15. The lowest BCUT2D eigenvalue weighted by Crippen LogP contribution is -2.43. The van der Waals surface area contributed by atoms with E-state index in [1.165, 1.54) is 19.3 Å². The van der Waals surface area contributed by atoms with Crippen LogP contribution >= 0.6 is 0 Å². The molecule has 1 amide bonds. The van der Waals surface area contributed by atoms with Crippen LogP contribution < -0.4 is 0 Å². The van der Waals surface area contributed by atoms with Gasteiger partial charge in [-0.05, 0) is 51.3 Å². The van der Waals surface area contributed by atoms with Crippen molar-refractivity contribution in [1.29, 1.82) is 0 Å². The van der Waals surface area contributed by atoms with Crippen LogP contribution in [-0.4, -0.2) is 34.2 Å². The highest BCUT2D eigenvalue weighted by Crippen LogP contribution is 2.26. The Kier molecular flexibility index (Phi) is 7.89. The SMILES string of the molecule is CCCCCCCN(C(=O)OC(C)(C)C)C1C=CC(c2ccc3ccccc3n2)=CC1. The number of para-hydroxylation sites is 1. The number of pyridine rings is 1. The zero-order chi connectivity index (χ0) is 22.3. The Morgan fingerprint density at radius 1 is 1.10 bits per heavy atom. The third-order valence-corrected chi connectivity index (χ3v) is 5.50. The first kappa shape index (κ1) is 23.1. The van der Waals surface area contributed by atoms with Crippen LogP contribution in [0.2, 0.25) is 0 Å². The van der Waals surface area contributed by atoms with Crippen molar-refractivity contribution < 1.29 is 9.53 Å². The molecule has 0 saturated carbocycles. The van der Waals surface area contributed by atoms with Crippen LogP contribution in [0.1, 0.15) is 71.9 Å². The molecule has 1 aromatic carbocycles. The molecule has 31 heavy (non-hydrogen) atoms. The Balaban J connectivity index is 1.69. The number of hydrogen-bond acceptors (Lipinski definition) is 3. The topological polar surface area (TPSA) is 42.4 Å². The zero-order valence-corrected chi connectivity index (χ0v) is 19.4. The summed E-state index contributed by atoms with van der Waals surface area (Å²) in [6, 6.07) is 12.4. The van der Waals surface area contributed by atoms with Gasteiger partial charge in [0.15, 0.2) is 0 Å². The summed E-state index contributed by atoms with van der Waals surface area (Å²) in [4.78, 5) is 19.6. The highest BCUT2D eigenvalue weighted by Gasteiger charge is 2.27. The standard InChI is InChI=1S/C27H36N2O2/c1-5-6-7-8-11-20-29(26(30)31-27(2,3)4)23-17-14-22(15-18-23)25-19-16-21-12-9-10-13-24(21)28-25/h9-10,12-17,19,23H,5-8,11,18,20H2,1-4H3. The maximum absolute atomic E-state index is 12.9. The Morgan fingerprint density at radius 3 is 2.58 bits per heavy atom. The van der Waals surface area contributed by atoms with Crippen molar-refractivity contribution in [2.75, 3.05) is 6.54 Å². The summed E-state index contributed by atoms with van der Waals surface area (Å²) < 4.78 is 5.71. The fraction of sp³-hybridized carbons (Fsp3) is 0.481. The maximum Gasteiger partial charge on any atom is 0.410 e. The van der Waals surface area contributed by atoms with E-state index in [1.807, 2.05) is 43.9 Å². The quantitative estimate of drug-likeness (QED) is 0.426. The van der Waals surface area contributed by atoms with Gasteiger partial charge in [0.1, 0.15) is 5.60 Å². The Labute approximate surface area is 187 Å². The van der Waals surface area contributed by atoms with E-state index in [9.17, 15) is 4.79 Å². The number of benzene rings is 1. The molecule has 0 spiro atoms. The van der Waals surface area contributed by atoms with Gasteiger partial charge < -0.3 is 9.64 Å². The summed E-state index contributed by atoms with van der Waals surface area (Å²) in [5, 5.41) is 1.14. The number of fused-ring (bicyclic) bond motifs is 1. The minimum absolute atomic E-state index is 0.0187. The van der Waals surface area contributed by atoms with Crippen molar-refractivity contribution >= 4 is 22.6 Å². The van der Waals surface area contributed by atoms with Crippen molar-refractivity contribution in [3.63, 3.8) is 0 Å². The number of ether oxygens (including phenoxy) is 1. The summed E-state index contributed by atoms with van der Waals surface area (Å²) in [5.74, 6) is 0. The van der Waals surface area contributed by atoms with E-state index in [0.29, 0.717) is 0 Å². The van der Waals surface area contributed by atoms with Crippen LogP contribution in [0, 0.1) is 0 Å². The van der Waals surface area contributed by atoms with Crippen LogP contribution in [-0.2, 0) is 4.74 Å². The van der Waals surface area contributed by atoms with Crippen molar-refractivity contribution in [3.05, 3.63) is 60.3 Å². The fourth-order valence-corrected chi connectivity index (χ4v) is 3.86. The van der Waals surface area contributed by atoms with Gasteiger partial charge in [0.2, 0.25) is 0 Å². The number of carbonyl (C=O) groups is 1. The lowest BCUT2D eigenvalue weighted by Gasteiger charge is -2.33. The van der Waals surface area contributed by atoms with Crippen molar-refractivity contribution in [1.82, 2.24) is 9.88 Å². The van der Waals surface area contributed by atoms with Gasteiger partial charge in [0, 0.05) is 11.9 Å². The third kappa shape index (κ3) is 6.68. The molecule has 0 fully saturated rings. The van der Waals surface area contributed by atoms with E-state index in [0.717, 1.165) is 48.0 Å². The van der Waals surface area contributed by atoms with Gasteiger partial charge in [-0.1, -0.05) is 75.1 Å². The molecule has 0 aliphatic heterocycles. The number of amides is 1. The highest BCUT2D eigenvalue weighted by atomic mass is 16.6. The molecule has 1 atom stereocenters. The number of unbranched alkanes of at least 4 members (excludes halogenated alkanes) is 4. The van der Waals surface area contributed by atoms with Gasteiger partial charge in [0.25, 0.3) is 0 Å². The van der Waals surface area contributed by atoms with E-state index in [-0.39, 0.29) is 12.1 Å². The number of nitrogens with zero attached hydrogens (tertiary/aromatic N) is 2. The number of carbonyl (C=O) groups excluding carboxylic acids is 1. The van der Waals surface area contributed by atoms with Gasteiger partial charge in [0.05, 0.1) is 17.3 Å². The summed E-state index contributed by atoms with van der Waals surface area (Å²) in [7, 11) is 0. The fourth-order valence-electron chi connectivity index (χ4n) is 3.86. The van der Waals surface area contributed by atoms with E-state index in [1.54, 1.807) is 0 Å². The van der Waals surface area contributed by atoms with Crippen LogP contribution in [0.15, 0.2) is 54.6 Å². The molecule has 1 aliphatic carbocycles. The van der Waals surface area contributed by atoms with Crippen molar-refractivity contribution in [2.45, 2.75) is 77.9 Å². The molecule has 3 rings (SSSR count). The first-order valence-electron chi connectivity index (χ1n) is 11.6. The lowest BCUT2D eigenvalue weighted by atomic mass is 9.98. The van der Waals surface area contributed by atoms with Crippen LogP contribution in [0.3, 0.4) is 0 Å². The first-order chi connectivity index (χ1) is 14.9. The predicted molar refractivity (Wildman–Crippen MR) is 129 cm³/mol. The molecular weight excluding hydrogens is 384 g/mol. The molecule has 2 aromatic rings. The zero-order valence-electron chi connectivity index (χ0n) is 19.4. The van der Waals surface area contributed by atoms with Crippen LogP contribution in [0.25, 0.3) is 16.5 Å². The normalized spacial score (nSPS) is 16.3. The molecule has 1 aliphatic rings. The summed E-state index contributed by atoms with van der Waals surface area (Å²) in [5.41, 5.74) is 2.58. The highest BCUT2D eigenvalue weighted by molar-refractivity contribution is 5.83. The summed E-state index contributed by atoms with van der Waals surface area (Å²) in [6.07, 6.45) is 12.8. The minimum atomic E-state index is -0.494. The van der Waals surface area contributed by atoms with Gasteiger partial charge >= 0.3 is 6.09 Å². The van der Waals surface area contributed by atoms with Crippen LogP contribution in [0.5, 0.6) is 0 Å². The summed E-state index contributed by atoms with van der Waals surface area (Å²) >= 11 is 0. The molecule has 1 aromatic heterocycles. The molecule has 166 valence electrons. The third-order valence-electron chi connectivity index (χ3n) is 5.50. The monoisotopic (exact) mass is 420 g/mol. The van der Waals surface area contributed by atoms with Gasteiger partial charge in [-0.25, -0.2) is 9.78 Å². The second kappa shape index (κ2) is 10.6. The van der Waals surface area contributed by atoms with E-state index in [4.69, 9.17) is 9.72 Å². The van der Waals surface area contributed by atoms with E-state index >= 15 is 0 Å². The van der Waals surface area contributed by atoms with Gasteiger partial charge in [-0.15, -0.1) is 0 Å². The van der Waals surface area contributed by atoms with Gasteiger partial charge in [-0.3, -0.25) is 0 Å². The second-order valence-electron chi connectivity index (χ2n) is 9.30. The smallest absolute Gasteiger partial charge is 0.410 e. The average molecular weight is 421 g/mol. The molecule has 0 N–H and O–H groups in total. The maximum atomic E-state index is 12.9. The number of hydrogen-bond donors (Lipinski definition) is 0. The second-order valence-corrected chi connectivity index (χ2v) is 9.30. The Bertz CT molecular complexity index is 940. The van der Waals surface area contributed by atoms with E-state index in [2.05, 4.69) is 43.4 Å². The number of aromatic nitrogens is 1. The molecule has 1 heterocycles. The lowest BCUT2D eigenvalue weighted by molar-refractivity contribution is 0.0196. The minimum Gasteiger partial charge on any atom is -0.444 e. The molecular formula is C27H36N2O2.